The lowest BCUT2D eigenvalue weighted by Crippen LogP contribution is -2.36. The summed E-state index contributed by atoms with van der Waals surface area (Å²) in [6.07, 6.45) is 1.68. The Kier molecular flexibility index (Phi) is 7.21. The first-order valence-electron chi connectivity index (χ1n) is 13.0. The molecule has 1 amide bonds. The maximum absolute atomic E-state index is 15.1. The number of halogens is 1. The molecule has 0 radical (unpaired) electrons. The molecule has 2 heterocycles. The standard InChI is InChI=1S/C30H34FNO4Si/c1-20-25(35-28(17-18-33)29(20)37(2,3)31)16-15-21-9-8-10-22(19-21)32-24-12-5-7-14-27(24)36-26-13-6-4-11-23(26)30(32)34/h4-14,19-20,25,28-29,33H,15-18H2,1-3H3/t20-,25+,28-,29+/m0/s1. The second-order valence-electron chi connectivity index (χ2n) is 10.6. The van der Waals surface area contributed by atoms with Gasteiger partial charge in [-0.2, -0.15) is 0 Å². The zero-order valence-electron chi connectivity index (χ0n) is 21.6. The number of para-hydroxylation sites is 3. The zero-order valence-corrected chi connectivity index (χ0v) is 22.6. The van der Waals surface area contributed by atoms with E-state index in [9.17, 15) is 9.90 Å². The molecule has 2 aliphatic rings. The van der Waals surface area contributed by atoms with Gasteiger partial charge in [-0.25, -0.2) is 0 Å². The minimum absolute atomic E-state index is 0.00527. The number of anilines is 2. The molecule has 1 N–H and O–H groups in total. The molecule has 3 aromatic rings. The first-order chi connectivity index (χ1) is 17.8. The van der Waals surface area contributed by atoms with Gasteiger partial charge in [0.25, 0.3) is 5.91 Å². The maximum Gasteiger partial charge on any atom is 0.266 e. The van der Waals surface area contributed by atoms with Gasteiger partial charge in [0.2, 0.25) is 8.41 Å². The first kappa shape index (κ1) is 25.6. The van der Waals surface area contributed by atoms with Crippen molar-refractivity contribution < 1.29 is 23.5 Å². The SMILES string of the molecule is C[C@@H]1[C@@H]([Si](C)(C)F)[C@H](CCO)O[C@@H]1CCc1cccc(N2C(=O)c3ccccc3Oc3ccccc32)c1. The Balaban J connectivity index is 1.40. The molecule has 4 atom stereocenters. The van der Waals surface area contributed by atoms with E-state index < -0.39 is 8.41 Å². The Bertz CT molecular complexity index is 1280. The predicted molar refractivity (Wildman–Crippen MR) is 146 cm³/mol. The van der Waals surface area contributed by atoms with Crippen LogP contribution in [0.5, 0.6) is 11.5 Å². The van der Waals surface area contributed by atoms with Gasteiger partial charge >= 0.3 is 0 Å². The van der Waals surface area contributed by atoms with Crippen molar-refractivity contribution >= 4 is 25.7 Å². The highest BCUT2D eigenvalue weighted by Crippen LogP contribution is 2.47. The van der Waals surface area contributed by atoms with Crippen LogP contribution < -0.4 is 9.64 Å². The molecule has 0 aliphatic carbocycles. The summed E-state index contributed by atoms with van der Waals surface area (Å²) >= 11 is 0. The lowest BCUT2D eigenvalue weighted by molar-refractivity contribution is 0.0193. The van der Waals surface area contributed by atoms with E-state index in [1.54, 1.807) is 24.1 Å². The number of hydrogen-bond acceptors (Lipinski definition) is 4. The minimum atomic E-state index is -2.94. The third-order valence-electron chi connectivity index (χ3n) is 7.64. The van der Waals surface area contributed by atoms with Crippen LogP contribution in [0.3, 0.4) is 0 Å². The summed E-state index contributed by atoms with van der Waals surface area (Å²) in [7, 11) is -2.94. The number of fused-ring (bicyclic) bond motifs is 2. The number of carbonyl (C=O) groups excluding carboxylic acids is 1. The zero-order chi connectivity index (χ0) is 26.2. The van der Waals surface area contributed by atoms with Gasteiger partial charge in [-0.3, -0.25) is 9.69 Å². The summed E-state index contributed by atoms with van der Waals surface area (Å²) in [6.45, 7) is 5.57. The lowest BCUT2D eigenvalue weighted by Gasteiger charge is -2.28. The van der Waals surface area contributed by atoms with Crippen LogP contribution in [-0.2, 0) is 11.2 Å². The van der Waals surface area contributed by atoms with E-state index >= 15 is 4.11 Å². The van der Waals surface area contributed by atoms with Crippen LogP contribution in [0.1, 0.15) is 35.7 Å². The van der Waals surface area contributed by atoms with Gasteiger partial charge in [-0.1, -0.05) is 43.3 Å². The second kappa shape index (κ2) is 10.4. The molecule has 5 nitrogen and oxygen atoms in total. The molecule has 2 aliphatic heterocycles. The van der Waals surface area contributed by atoms with Gasteiger partial charge in [0.05, 0.1) is 23.5 Å². The highest BCUT2D eigenvalue weighted by Gasteiger charge is 2.50. The number of aryl methyl sites for hydroxylation is 1. The molecular weight excluding hydrogens is 485 g/mol. The van der Waals surface area contributed by atoms with Crippen LogP contribution in [0.25, 0.3) is 0 Å². The largest absolute Gasteiger partial charge is 0.454 e. The number of amides is 1. The number of rotatable bonds is 7. The predicted octanol–water partition coefficient (Wildman–Crippen LogP) is 7.03. The molecule has 0 unspecified atom stereocenters. The van der Waals surface area contributed by atoms with Crippen molar-refractivity contribution in [1.82, 2.24) is 0 Å². The molecule has 0 bridgehead atoms. The summed E-state index contributed by atoms with van der Waals surface area (Å²) in [4.78, 5) is 15.4. The van der Waals surface area contributed by atoms with Gasteiger partial charge in [0.15, 0.2) is 5.75 Å². The highest BCUT2D eigenvalue weighted by atomic mass is 28.4. The molecule has 1 saturated heterocycles. The third-order valence-corrected chi connectivity index (χ3v) is 10.1. The molecule has 194 valence electrons. The van der Waals surface area contributed by atoms with Gasteiger partial charge in [-0.05, 0) is 80.2 Å². The van der Waals surface area contributed by atoms with Gasteiger partial charge < -0.3 is 18.7 Å². The Hall–Kier alpha value is -3.00. The molecule has 5 rings (SSSR count). The maximum atomic E-state index is 15.1. The summed E-state index contributed by atoms with van der Waals surface area (Å²) in [6, 6.07) is 22.8. The van der Waals surface area contributed by atoms with Crippen molar-refractivity contribution in [2.75, 3.05) is 11.5 Å². The van der Waals surface area contributed by atoms with E-state index in [0.29, 0.717) is 29.2 Å². The fourth-order valence-corrected chi connectivity index (χ4v) is 8.60. The normalized spacial score (nSPS) is 23.3. The Morgan fingerprint density at radius 1 is 0.946 bits per heavy atom. The van der Waals surface area contributed by atoms with E-state index in [1.807, 2.05) is 60.7 Å². The van der Waals surface area contributed by atoms with Crippen molar-refractivity contribution in [3.05, 3.63) is 83.9 Å². The molecule has 7 heteroatoms. The summed E-state index contributed by atoms with van der Waals surface area (Å²) in [5.41, 5.74) is 2.93. The molecule has 0 spiro atoms. The van der Waals surface area contributed by atoms with Crippen LogP contribution >= 0.6 is 0 Å². The first-order valence-corrected chi connectivity index (χ1v) is 16.0. The quantitative estimate of drug-likeness (QED) is 0.269. The van der Waals surface area contributed by atoms with Crippen LogP contribution in [-0.4, -0.2) is 38.2 Å². The number of aliphatic hydroxyl groups is 1. The van der Waals surface area contributed by atoms with Gasteiger partial charge in [-0.15, -0.1) is 0 Å². The van der Waals surface area contributed by atoms with Crippen molar-refractivity contribution in [2.45, 2.75) is 57.0 Å². The van der Waals surface area contributed by atoms with E-state index in [4.69, 9.17) is 9.47 Å². The number of benzene rings is 3. The number of hydrogen-bond donors (Lipinski definition) is 1. The lowest BCUT2D eigenvalue weighted by atomic mass is 9.95. The molecule has 0 aromatic heterocycles. The van der Waals surface area contributed by atoms with Crippen molar-refractivity contribution in [1.29, 1.82) is 0 Å². The number of ether oxygens (including phenoxy) is 2. The van der Waals surface area contributed by atoms with Crippen molar-refractivity contribution in [3.8, 4) is 11.5 Å². The Morgan fingerprint density at radius 3 is 2.43 bits per heavy atom. The minimum Gasteiger partial charge on any atom is -0.454 e. The molecular formula is C30H34FNO4Si. The van der Waals surface area contributed by atoms with E-state index in [2.05, 4.69) is 13.0 Å². The second-order valence-corrected chi connectivity index (χ2v) is 14.4. The van der Waals surface area contributed by atoms with Crippen LogP contribution in [0.4, 0.5) is 15.5 Å². The molecule has 1 fully saturated rings. The van der Waals surface area contributed by atoms with Gasteiger partial charge in [0, 0.05) is 17.8 Å². The highest BCUT2D eigenvalue weighted by molar-refractivity contribution is 6.72. The van der Waals surface area contributed by atoms with Crippen molar-refractivity contribution in [3.63, 3.8) is 0 Å². The summed E-state index contributed by atoms with van der Waals surface area (Å²) in [5.74, 6) is 1.12. The van der Waals surface area contributed by atoms with E-state index in [1.165, 1.54) is 0 Å². The summed E-state index contributed by atoms with van der Waals surface area (Å²) in [5, 5.41) is 9.49. The van der Waals surface area contributed by atoms with Gasteiger partial charge in [0.1, 0.15) is 5.75 Å². The van der Waals surface area contributed by atoms with Crippen LogP contribution in [0.15, 0.2) is 72.8 Å². The summed E-state index contributed by atoms with van der Waals surface area (Å²) < 4.78 is 27.6. The number of aliphatic hydroxyl groups excluding tert-OH is 1. The average Bonchev–Trinajstić information content (AvgIpc) is 3.13. The van der Waals surface area contributed by atoms with Crippen LogP contribution in [0, 0.1) is 5.92 Å². The van der Waals surface area contributed by atoms with Crippen molar-refractivity contribution in [2.24, 2.45) is 5.92 Å². The average molecular weight is 520 g/mol. The monoisotopic (exact) mass is 519 g/mol. The third kappa shape index (κ3) is 5.08. The number of carbonyl (C=O) groups is 1. The molecule has 37 heavy (non-hydrogen) atoms. The fraction of sp³-hybridized carbons (Fsp3) is 0.367. The van der Waals surface area contributed by atoms with E-state index in [-0.39, 0.29) is 36.2 Å². The Morgan fingerprint density at radius 2 is 1.68 bits per heavy atom. The Labute approximate surface area is 219 Å². The fourth-order valence-electron chi connectivity index (χ4n) is 6.00. The molecule has 0 saturated carbocycles. The van der Waals surface area contributed by atoms with E-state index in [0.717, 1.165) is 24.1 Å². The van der Waals surface area contributed by atoms with Crippen LogP contribution in [0.2, 0.25) is 18.6 Å². The molecule has 3 aromatic carbocycles. The smallest absolute Gasteiger partial charge is 0.266 e. The topological polar surface area (TPSA) is 59.0 Å². The number of nitrogens with zero attached hydrogens (tertiary/aromatic N) is 1.